The smallest absolute Gasteiger partial charge is 0.245 e. The van der Waals surface area contributed by atoms with Crippen molar-refractivity contribution < 1.29 is 14.6 Å². The van der Waals surface area contributed by atoms with Gasteiger partial charge in [0.15, 0.2) is 11.8 Å². The lowest BCUT2D eigenvalue weighted by Gasteiger charge is -2.44. The maximum absolute atomic E-state index is 14.5. The van der Waals surface area contributed by atoms with Gasteiger partial charge in [0.05, 0.1) is 24.9 Å². The third-order valence-corrected chi connectivity index (χ3v) is 7.25. The molecule has 5 rings (SSSR count). The summed E-state index contributed by atoms with van der Waals surface area (Å²) in [4.78, 5) is 19.2. The topological polar surface area (TPSA) is 113 Å². The molecule has 33 heavy (non-hydrogen) atoms. The van der Waals surface area contributed by atoms with E-state index in [0.717, 1.165) is 5.56 Å². The van der Waals surface area contributed by atoms with Crippen molar-refractivity contribution >= 4 is 22.5 Å². The van der Waals surface area contributed by atoms with Crippen LogP contribution < -0.4 is 9.64 Å². The van der Waals surface area contributed by atoms with E-state index in [1.807, 2.05) is 26.0 Å². The largest absolute Gasteiger partial charge is 0.497 e. The third kappa shape index (κ3) is 2.45. The monoisotopic (exact) mass is 440 g/mol. The molecule has 2 aliphatic heterocycles. The van der Waals surface area contributed by atoms with E-state index in [1.54, 1.807) is 36.3 Å². The molecule has 0 fully saturated rings. The lowest BCUT2D eigenvalue weighted by molar-refractivity contribution is -0.123. The van der Waals surface area contributed by atoms with Crippen molar-refractivity contribution in [1.29, 1.82) is 10.5 Å². The summed E-state index contributed by atoms with van der Waals surface area (Å²) in [5.74, 6) is -1.30. The molecule has 1 amide bonds. The molecule has 2 atom stereocenters. The number of aromatic amines is 1. The van der Waals surface area contributed by atoms with E-state index >= 15 is 0 Å². The molecule has 166 valence electrons. The number of benzene rings is 2. The van der Waals surface area contributed by atoms with Gasteiger partial charge in [0, 0.05) is 27.6 Å². The van der Waals surface area contributed by atoms with Crippen molar-refractivity contribution in [3.63, 3.8) is 0 Å². The van der Waals surface area contributed by atoms with Gasteiger partial charge in [-0.05, 0) is 49.9 Å². The Labute approximate surface area is 191 Å². The summed E-state index contributed by atoms with van der Waals surface area (Å²) in [6, 6.07) is 15.0. The molecular weight excluding hydrogens is 416 g/mol. The number of para-hydroxylation sites is 1. The van der Waals surface area contributed by atoms with Crippen molar-refractivity contribution in [3.8, 4) is 23.8 Å². The molecule has 0 spiro atoms. The molecule has 0 aliphatic carbocycles. The predicted molar refractivity (Wildman–Crippen MR) is 123 cm³/mol. The fourth-order valence-corrected chi connectivity index (χ4v) is 6.01. The second-order valence-corrected chi connectivity index (χ2v) is 9.56. The number of aromatic nitrogens is 1. The summed E-state index contributed by atoms with van der Waals surface area (Å²) in [6.45, 7) is 6.10. The zero-order valence-electron chi connectivity index (χ0n) is 18.9. The summed E-state index contributed by atoms with van der Waals surface area (Å²) < 4.78 is 5.59. The Kier molecular flexibility index (Phi) is 4.28. The van der Waals surface area contributed by atoms with Gasteiger partial charge < -0.3 is 19.7 Å². The second-order valence-electron chi connectivity index (χ2n) is 9.56. The number of hydrogen-bond acceptors (Lipinski definition) is 5. The van der Waals surface area contributed by atoms with E-state index in [-0.39, 0.29) is 23.3 Å². The average Bonchev–Trinajstić information content (AvgIpc) is 3.25. The fourth-order valence-electron chi connectivity index (χ4n) is 6.01. The minimum Gasteiger partial charge on any atom is -0.497 e. The van der Waals surface area contributed by atoms with E-state index in [0.29, 0.717) is 34.3 Å². The normalized spacial score (nSPS) is 22.8. The summed E-state index contributed by atoms with van der Waals surface area (Å²) in [5.41, 5.74) is 0.785. The number of ether oxygens (including phenoxy) is 1. The van der Waals surface area contributed by atoms with Gasteiger partial charge in [-0.15, -0.1) is 0 Å². The van der Waals surface area contributed by atoms with Crippen molar-refractivity contribution in [2.45, 2.75) is 44.1 Å². The first-order valence-electron chi connectivity index (χ1n) is 10.9. The second kappa shape index (κ2) is 6.76. The van der Waals surface area contributed by atoms with Crippen LogP contribution in [0, 0.1) is 28.6 Å². The molecule has 2 N–H and O–H groups in total. The highest BCUT2D eigenvalue weighted by molar-refractivity contribution is 6.15. The fraction of sp³-hybridized carbons (Fsp3) is 0.346. The van der Waals surface area contributed by atoms with Crippen LogP contribution in [-0.4, -0.2) is 28.6 Å². The van der Waals surface area contributed by atoms with Crippen molar-refractivity contribution in [2.75, 3.05) is 12.0 Å². The van der Waals surface area contributed by atoms with Crippen LogP contribution in [0.2, 0.25) is 0 Å². The number of carbonyl (C=O) groups excluding carboxylic acids is 1. The number of nitrogens with zero attached hydrogens (tertiary/aromatic N) is 3. The summed E-state index contributed by atoms with van der Waals surface area (Å²) in [5, 5.41) is 32.0. The molecule has 3 heterocycles. The number of rotatable bonds is 3. The van der Waals surface area contributed by atoms with Crippen LogP contribution in [0.4, 0.5) is 5.69 Å². The van der Waals surface area contributed by atoms with Crippen LogP contribution in [0.3, 0.4) is 0 Å². The average molecular weight is 441 g/mol. The van der Waals surface area contributed by atoms with Crippen molar-refractivity contribution in [2.24, 2.45) is 5.92 Å². The van der Waals surface area contributed by atoms with Crippen LogP contribution in [0.15, 0.2) is 36.4 Å². The highest BCUT2D eigenvalue weighted by Crippen LogP contribution is 2.61. The number of methoxy groups -OCH3 is 1. The number of nitriles is 2. The van der Waals surface area contributed by atoms with Crippen molar-refractivity contribution in [1.82, 2.24) is 4.98 Å². The molecule has 2 aliphatic rings. The van der Waals surface area contributed by atoms with Gasteiger partial charge in [-0.3, -0.25) is 4.79 Å². The van der Waals surface area contributed by atoms with Crippen LogP contribution in [-0.2, 0) is 10.2 Å². The van der Waals surface area contributed by atoms with Crippen LogP contribution >= 0.6 is 0 Å². The standard InChI is InChI=1S/C26H24N4O3/c1-14-11-25(2,3)30-22-18(14)9-16(33-4)10-19(22)26(24(30)32,15(12-27)13-28)21-17-7-5-6-8-20(17)29-23(21)31/h5-10,14-15,29,31H,11H2,1-4H3/t14-,26+/m1/s1. The first-order chi connectivity index (χ1) is 15.7. The summed E-state index contributed by atoms with van der Waals surface area (Å²) in [6.07, 6.45) is 0.706. The van der Waals surface area contributed by atoms with Crippen molar-refractivity contribution in [3.05, 3.63) is 53.1 Å². The minimum absolute atomic E-state index is 0.128. The Bertz CT molecular complexity index is 1390. The van der Waals surface area contributed by atoms with Gasteiger partial charge >= 0.3 is 0 Å². The molecule has 7 nitrogen and oxygen atoms in total. The highest BCUT2D eigenvalue weighted by Gasteiger charge is 2.64. The molecule has 3 aromatic rings. The number of nitrogens with one attached hydrogen (secondary N) is 1. The number of carbonyl (C=O) groups is 1. The zero-order valence-corrected chi connectivity index (χ0v) is 18.9. The third-order valence-electron chi connectivity index (χ3n) is 7.25. The molecule has 7 heteroatoms. The van der Waals surface area contributed by atoms with E-state index in [9.17, 15) is 20.4 Å². The molecule has 2 aromatic carbocycles. The quantitative estimate of drug-likeness (QED) is 0.624. The zero-order chi connectivity index (χ0) is 23.7. The van der Waals surface area contributed by atoms with Gasteiger partial charge in [0.1, 0.15) is 11.2 Å². The first-order valence-corrected chi connectivity index (χ1v) is 10.9. The maximum atomic E-state index is 14.5. The minimum atomic E-state index is -1.72. The number of aromatic hydroxyl groups is 1. The lowest BCUT2D eigenvalue weighted by atomic mass is 9.66. The number of H-pyrrole nitrogens is 1. The molecule has 0 radical (unpaired) electrons. The van der Waals surface area contributed by atoms with E-state index in [1.165, 1.54) is 0 Å². The Hall–Kier alpha value is -3.97. The summed E-state index contributed by atoms with van der Waals surface area (Å²) >= 11 is 0. The van der Waals surface area contributed by atoms with Gasteiger partial charge in [-0.2, -0.15) is 10.5 Å². The van der Waals surface area contributed by atoms with Gasteiger partial charge in [-0.25, -0.2) is 0 Å². The molecule has 0 unspecified atom stereocenters. The molecule has 0 bridgehead atoms. The molecule has 0 saturated carbocycles. The number of fused-ring (bicyclic) bond motifs is 1. The molecule has 0 saturated heterocycles. The Balaban J connectivity index is 2.01. The maximum Gasteiger partial charge on any atom is 0.245 e. The first kappa shape index (κ1) is 20.9. The molecular formula is C26H24N4O3. The SMILES string of the molecule is COc1cc2c3c(c1)[C@](c1c(O)[nH]c4ccccc14)(C(C#N)C#N)C(=O)N3C(C)(C)C[C@H]2C. The Morgan fingerprint density at radius 2 is 1.94 bits per heavy atom. The molecule has 1 aromatic heterocycles. The Morgan fingerprint density at radius 3 is 2.61 bits per heavy atom. The van der Waals surface area contributed by atoms with E-state index in [4.69, 9.17) is 4.74 Å². The number of hydrogen-bond donors (Lipinski definition) is 2. The van der Waals surface area contributed by atoms with Crippen LogP contribution in [0.25, 0.3) is 10.9 Å². The predicted octanol–water partition coefficient (Wildman–Crippen LogP) is 4.46. The number of amides is 1. The van der Waals surface area contributed by atoms with Gasteiger partial charge in [-0.1, -0.05) is 25.1 Å². The highest BCUT2D eigenvalue weighted by atomic mass is 16.5. The number of anilines is 1. The van der Waals surface area contributed by atoms with E-state index < -0.39 is 16.9 Å². The Morgan fingerprint density at radius 1 is 1.24 bits per heavy atom. The van der Waals surface area contributed by atoms with Gasteiger partial charge in [0.25, 0.3) is 0 Å². The van der Waals surface area contributed by atoms with Gasteiger partial charge in [0.2, 0.25) is 5.91 Å². The lowest BCUT2D eigenvalue weighted by Crippen LogP contribution is -2.54. The van der Waals surface area contributed by atoms with Crippen LogP contribution in [0.1, 0.15) is 49.8 Å². The van der Waals surface area contributed by atoms with Crippen LogP contribution in [0.5, 0.6) is 11.6 Å². The van der Waals surface area contributed by atoms with E-state index in [2.05, 4.69) is 24.0 Å². The summed E-state index contributed by atoms with van der Waals surface area (Å²) in [7, 11) is 1.55.